The van der Waals surface area contributed by atoms with Crippen molar-refractivity contribution in [2.24, 2.45) is 0 Å². The summed E-state index contributed by atoms with van der Waals surface area (Å²) in [5, 5.41) is 0. The Morgan fingerprint density at radius 2 is 2.11 bits per heavy atom. The van der Waals surface area contributed by atoms with Gasteiger partial charge in [-0.25, -0.2) is 4.79 Å². The number of allylic oxidation sites excluding steroid dienone is 2. The van der Waals surface area contributed by atoms with E-state index in [9.17, 15) is 9.59 Å². The summed E-state index contributed by atoms with van der Waals surface area (Å²) in [7, 11) is 0. The summed E-state index contributed by atoms with van der Waals surface area (Å²) < 4.78 is 4.96. The number of Topliss-reactive ketones (excluding diaryl/α,β-unsaturated/α-hetero) is 1. The summed E-state index contributed by atoms with van der Waals surface area (Å²) in [5.74, 6) is -0.595. The third-order valence-corrected chi connectivity index (χ3v) is 2.63. The minimum absolute atomic E-state index is 0.150. The van der Waals surface area contributed by atoms with Crippen molar-refractivity contribution in [3.63, 3.8) is 0 Å². The Kier molecular flexibility index (Phi) is 4.26. The molecule has 0 aromatic carbocycles. The minimum atomic E-state index is -0.446. The fourth-order valence-corrected chi connectivity index (χ4v) is 1.86. The molecule has 0 aromatic heterocycles. The van der Waals surface area contributed by atoms with Gasteiger partial charge in [-0.2, -0.15) is 0 Å². The molecule has 1 heterocycles. The molecule has 0 unspecified atom stereocenters. The Hall–Kier alpha value is -2.10. The van der Waals surface area contributed by atoms with Crippen LogP contribution in [0.3, 0.4) is 0 Å². The zero-order chi connectivity index (χ0) is 13.9. The zero-order valence-electron chi connectivity index (χ0n) is 10.9. The molecule has 0 aliphatic carbocycles. The largest absolute Gasteiger partial charge is 0.462 e. The molecule has 0 atom stereocenters. The molecule has 4 nitrogen and oxygen atoms in total. The van der Waals surface area contributed by atoms with Gasteiger partial charge in [0.15, 0.2) is 5.78 Å². The fourth-order valence-electron chi connectivity index (χ4n) is 1.86. The van der Waals surface area contributed by atoms with Gasteiger partial charge in [0.2, 0.25) is 0 Å². The van der Waals surface area contributed by atoms with E-state index < -0.39 is 5.97 Å². The number of ketones is 1. The summed E-state index contributed by atoms with van der Waals surface area (Å²) in [6.45, 7) is 12.6. The second-order valence-electron chi connectivity index (χ2n) is 3.85. The molecule has 1 aliphatic rings. The van der Waals surface area contributed by atoms with Crippen LogP contribution in [-0.2, 0) is 14.3 Å². The second kappa shape index (κ2) is 5.49. The van der Waals surface area contributed by atoms with E-state index in [1.807, 2.05) is 0 Å². The van der Waals surface area contributed by atoms with Crippen LogP contribution >= 0.6 is 0 Å². The van der Waals surface area contributed by atoms with Gasteiger partial charge in [-0.15, -0.1) is 0 Å². The van der Waals surface area contributed by atoms with E-state index in [4.69, 9.17) is 4.74 Å². The van der Waals surface area contributed by atoms with Crippen LogP contribution in [0.4, 0.5) is 0 Å². The number of carbonyl (C=O) groups excluding carboxylic acids is 2. The van der Waals surface area contributed by atoms with Gasteiger partial charge in [-0.05, 0) is 25.5 Å². The molecule has 0 saturated carbocycles. The normalized spacial score (nSPS) is 15.4. The fraction of sp³-hybridized carbons (Fsp3) is 0.286. The lowest BCUT2D eigenvalue weighted by atomic mass is 9.97. The van der Waals surface area contributed by atoms with E-state index in [1.54, 1.807) is 24.8 Å². The number of carbonyl (C=O) groups is 2. The SMILES string of the molecule is C=CN1C(=C)C=C(C(=O)OCC)C(C)=C1C(C)=O. The molecule has 0 N–H and O–H groups in total. The number of rotatable bonds is 4. The molecule has 0 bridgehead atoms. The molecule has 96 valence electrons. The van der Waals surface area contributed by atoms with Crippen LogP contribution in [0.15, 0.2) is 48.0 Å². The number of esters is 1. The summed E-state index contributed by atoms with van der Waals surface area (Å²) in [6.07, 6.45) is 3.10. The number of ether oxygens (including phenoxy) is 1. The van der Waals surface area contributed by atoms with Gasteiger partial charge in [0.1, 0.15) is 0 Å². The highest BCUT2D eigenvalue weighted by molar-refractivity contribution is 6.01. The lowest BCUT2D eigenvalue weighted by Crippen LogP contribution is -2.27. The van der Waals surface area contributed by atoms with Gasteiger partial charge in [-0.1, -0.05) is 13.2 Å². The van der Waals surface area contributed by atoms with Crippen molar-refractivity contribution < 1.29 is 14.3 Å². The predicted molar refractivity (Wildman–Crippen MR) is 69.3 cm³/mol. The molecule has 0 fully saturated rings. The molecule has 1 aliphatic heterocycles. The molecule has 0 radical (unpaired) electrons. The van der Waals surface area contributed by atoms with E-state index in [0.717, 1.165) is 0 Å². The molecular weight excluding hydrogens is 230 g/mol. The first-order chi connectivity index (χ1) is 8.43. The van der Waals surface area contributed by atoms with Gasteiger partial charge in [-0.3, -0.25) is 4.79 Å². The Morgan fingerprint density at radius 3 is 2.56 bits per heavy atom. The van der Waals surface area contributed by atoms with E-state index in [2.05, 4.69) is 13.2 Å². The maximum atomic E-state index is 11.8. The lowest BCUT2D eigenvalue weighted by Gasteiger charge is -2.29. The topological polar surface area (TPSA) is 46.6 Å². The predicted octanol–water partition coefficient (Wildman–Crippen LogP) is 2.31. The Morgan fingerprint density at radius 1 is 1.50 bits per heavy atom. The Bertz CT molecular complexity index is 483. The Balaban J connectivity index is 3.31. The summed E-state index contributed by atoms with van der Waals surface area (Å²) in [4.78, 5) is 25.0. The highest BCUT2D eigenvalue weighted by atomic mass is 16.5. The molecule has 4 heteroatoms. The summed E-state index contributed by atoms with van der Waals surface area (Å²) in [5.41, 5.74) is 1.86. The van der Waals surface area contributed by atoms with Crippen molar-refractivity contribution >= 4 is 11.8 Å². The molecule has 0 amide bonds. The van der Waals surface area contributed by atoms with Crippen LogP contribution in [0.5, 0.6) is 0 Å². The van der Waals surface area contributed by atoms with Crippen molar-refractivity contribution in [3.05, 3.63) is 48.0 Å². The number of nitrogens with zero attached hydrogens (tertiary/aromatic N) is 1. The van der Waals surface area contributed by atoms with Gasteiger partial charge < -0.3 is 9.64 Å². The minimum Gasteiger partial charge on any atom is -0.462 e. The van der Waals surface area contributed by atoms with Crippen LogP contribution in [-0.4, -0.2) is 23.3 Å². The average Bonchev–Trinajstić information content (AvgIpc) is 2.30. The number of hydrogen-bond acceptors (Lipinski definition) is 4. The quantitative estimate of drug-likeness (QED) is 0.715. The van der Waals surface area contributed by atoms with Crippen molar-refractivity contribution in [3.8, 4) is 0 Å². The molecule has 18 heavy (non-hydrogen) atoms. The van der Waals surface area contributed by atoms with Gasteiger partial charge in [0, 0.05) is 18.8 Å². The highest BCUT2D eigenvalue weighted by Crippen LogP contribution is 2.29. The Labute approximate surface area is 107 Å². The van der Waals surface area contributed by atoms with Gasteiger partial charge in [0.25, 0.3) is 0 Å². The summed E-state index contributed by atoms with van der Waals surface area (Å²) >= 11 is 0. The van der Waals surface area contributed by atoms with E-state index in [0.29, 0.717) is 22.5 Å². The monoisotopic (exact) mass is 247 g/mol. The van der Waals surface area contributed by atoms with E-state index >= 15 is 0 Å². The first-order valence-electron chi connectivity index (χ1n) is 5.65. The molecule has 0 saturated heterocycles. The third kappa shape index (κ3) is 2.42. The highest BCUT2D eigenvalue weighted by Gasteiger charge is 2.27. The van der Waals surface area contributed by atoms with Gasteiger partial charge in [0.05, 0.1) is 17.9 Å². The summed E-state index contributed by atoms with van der Waals surface area (Å²) in [6, 6.07) is 0. The second-order valence-corrected chi connectivity index (χ2v) is 3.85. The smallest absolute Gasteiger partial charge is 0.338 e. The van der Waals surface area contributed by atoms with Crippen molar-refractivity contribution in [1.29, 1.82) is 0 Å². The zero-order valence-corrected chi connectivity index (χ0v) is 10.9. The molecular formula is C14H17NO3. The van der Waals surface area contributed by atoms with Crippen molar-refractivity contribution in [2.75, 3.05) is 6.61 Å². The van der Waals surface area contributed by atoms with E-state index in [1.165, 1.54) is 13.1 Å². The van der Waals surface area contributed by atoms with Crippen LogP contribution < -0.4 is 0 Å². The van der Waals surface area contributed by atoms with E-state index in [-0.39, 0.29) is 12.4 Å². The maximum Gasteiger partial charge on any atom is 0.338 e. The maximum absolute atomic E-state index is 11.8. The van der Waals surface area contributed by atoms with Crippen molar-refractivity contribution in [2.45, 2.75) is 20.8 Å². The van der Waals surface area contributed by atoms with Crippen LogP contribution in [0.1, 0.15) is 20.8 Å². The van der Waals surface area contributed by atoms with Crippen molar-refractivity contribution in [1.82, 2.24) is 4.90 Å². The third-order valence-electron chi connectivity index (χ3n) is 2.63. The van der Waals surface area contributed by atoms with Crippen LogP contribution in [0.25, 0.3) is 0 Å². The van der Waals surface area contributed by atoms with Crippen LogP contribution in [0, 0.1) is 0 Å². The average molecular weight is 247 g/mol. The standard InChI is InChI=1S/C14H17NO3/c1-6-15-9(3)8-12(14(17)18-7-2)10(4)13(15)11(5)16/h6,8H,1,3,7H2,2,4-5H3. The first-order valence-corrected chi connectivity index (χ1v) is 5.65. The van der Waals surface area contributed by atoms with Crippen LogP contribution in [0.2, 0.25) is 0 Å². The lowest BCUT2D eigenvalue weighted by molar-refractivity contribution is -0.138. The first kappa shape index (κ1) is 14.0. The van der Waals surface area contributed by atoms with Gasteiger partial charge >= 0.3 is 5.97 Å². The molecule has 1 rings (SSSR count). The number of hydrogen-bond donors (Lipinski definition) is 0. The molecule has 0 aromatic rings. The molecule has 0 spiro atoms.